The number of allylic oxidation sites excluding steroid dienone is 2. The van der Waals surface area contributed by atoms with Gasteiger partial charge in [0.15, 0.2) is 0 Å². The molecule has 1 heterocycles. The standard InChI is InChI=1S/C14H17N/c1-15-12-6-5-9-14(15)11-10-13-7-3-2-4-8-13/h2-9,12,14H,10-11H2,1H3. The quantitative estimate of drug-likeness (QED) is 0.723. The second-order valence-corrected chi connectivity index (χ2v) is 3.98. The minimum absolute atomic E-state index is 0.551. The van der Waals surface area contributed by atoms with E-state index in [0.717, 1.165) is 6.42 Å². The lowest BCUT2D eigenvalue weighted by atomic mass is 10.0. The maximum Gasteiger partial charge on any atom is 0.0470 e. The SMILES string of the molecule is CN1C=CC=CC1CCc1ccccc1. The number of hydrogen-bond acceptors (Lipinski definition) is 1. The second kappa shape index (κ2) is 4.83. The van der Waals surface area contributed by atoms with Crippen LogP contribution in [-0.4, -0.2) is 18.0 Å². The number of rotatable bonds is 3. The van der Waals surface area contributed by atoms with Gasteiger partial charge in [-0.1, -0.05) is 42.5 Å². The van der Waals surface area contributed by atoms with Crippen molar-refractivity contribution in [1.29, 1.82) is 0 Å². The van der Waals surface area contributed by atoms with Crippen LogP contribution in [0.1, 0.15) is 12.0 Å². The molecule has 0 fully saturated rings. The van der Waals surface area contributed by atoms with Crippen LogP contribution in [0, 0.1) is 0 Å². The summed E-state index contributed by atoms with van der Waals surface area (Å²) in [6.45, 7) is 0. The molecule has 1 aromatic rings. The van der Waals surface area contributed by atoms with E-state index in [-0.39, 0.29) is 0 Å². The van der Waals surface area contributed by atoms with Gasteiger partial charge in [-0.15, -0.1) is 0 Å². The molecule has 78 valence electrons. The highest BCUT2D eigenvalue weighted by Crippen LogP contribution is 2.13. The number of benzene rings is 1. The van der Waals surface area contributed by atoms with E-state index in [4.69, 9.17) is 0 Å². The van der Waals surface area contributed by atoms with Crippen molar-refractivity contribution in [3.63, 3.8) is 0 Å². The topological polar surface area (TPSA) is 3.24 Å². The summed E-state index contributed by atoms with van der Waals surface area (Å²) < 4.78 is 0. The van der Waals surface area contributed by atoms with Crippen molar-refractivity contribution in [2.24, 2.45) is 0 Å². The summed E-state index contributed by atoms with van der Waals surface area (Å²) in [6.07, 6.45) is 10.9. The van der Waals surface area contributed by atoms with Crippen LogP contribution in [0.15, 0.2) is 54.8 Å². The van der Waals surface area contributed by atoms with E-state index in [9.17, 15) is 0 Å². The van der Waals surface area contributed by atoms with Gasteiger partial charge in [0.05, 0.1) is 0 Å². The van der Waals surface area contributed by atoms with Crippen LogP contribution in [0.25, 0.3) is 0 Å². The molecule has 0 saturated heterocycles. The zero-order chi connectivity index (χ0) is 10.5. The van der Waals surface area contributed by atoms with Gasteiger partial charge in [0, 0.05) is 13.1 Å². The van der Waals surface area contributed by atoms with Gasteiger partial charge in [-0.3, -0.25) is 0 Å². The first-order valence-electron chi connectivity index (χ1n) is 5.47. The average Bonchev–Trinajstić information content (AvgIpc) is 2.29. The van der Waals surface area contributed by atoms with E-state index < -0.39 is 0 Å². The molecule has 1 unspecified atom stereocenters. The third-order valence-electron chi connectivity index (χ3n) is 2.86. The lowest BCUT2D eigenvalue weighted by Crippen LogP contribution is -2.26. The summed E-state index contributed by atoms with van der Waals surface area (Å²) >= 11 is 0. The largest absolute Gasteiger partial charge is 0.374 e. The van der Waals surface area contributed by atoms with E-state index in [1.54, 1.807) is 0 Å². The third-order valence-corrected chi connectivity index (χ3v) is 2.86. The smallest absolute Gasteiger partial charge is 0.0470 e. The van der Waals surface area contributed by atoms with Crippen molar-refractivity contribution in [2.75, 3.05) is 7.05 Å². The molecular weight excluding hydrogens is 182 g/mol. The Hall–Kier alpha value is -1.50. The van der Waals surface area contributed by atoms with Crippen molar-refractivity contribution in [2.45, 2.75) is 18.9 Å². The first kappa shape index (κ1) is 10.0. The Bertz CT molecular complexity index is 351. The van der Waals surface area contributed by atoms with Crippen molar-refractivity contribution in [1.82, 2.24) is 4.90 Å². The van der Waals surface area contributed by atoms with Gasteiger partial charge in [0.1, 0.15) is 0 Å². The lowest BCUT2D eigenvalue weighted by Gasteiger charge is -2.26. The molecule has 1 atom stereocenters. The Morgan fingerprint density at radius 2 is 1.93 bits per heavy atom. The number of likely N-dealkylation sites (N-methyl/N-ethyl adjacent to an activating group) is 1. The molecule has 0 amide bonds. The number of nitrogens with zero attached hydrogens (tertiary/aromatic N) is 1. The molecule has 1 aliphatic rings. The van der Waals surface area contributed by atoms with E-state index >= 15 is 0 Å². The van der Waals surface area contributed by atoms with E-state index in [0.29, 0.717) is 6.04 Å². The predicted molar refractivity (Wildman–Crippen MR) is 64.6 cm³/mol. The van der Waals surface area contributed by atoms with Gasteiger partial charge < -0.3 is 4.90 Å². The summed E-state index contributed by atoms with van der Waals surface area (Å²) in [7, 11) is 2.13. The van der Waals surface area contributed by atoms with Crippen molar-refractivity contribution in [3.05, 3.63) is 60.3 Å². The van der Waals surface area contributed by atoms with Gasteiger partial charge in [-0.25, -0.2) is 0 Å². The van der Waals surface area contributed by atoms with E-state index in [1.165, 1.54) is 12.0 Å². The number of aryl methyl sites for hydroxylation is 1. The zero-order valence-electron chi connectivity index (χ0n) is 9.13. The minimum atomic E-state index is 0.551. The summed E-state index contributed by atoms with van der Waals surface area (Å²) in [5, 5.41) is 0. The van der Waals surface area contributed by atoms with E-state index in [2.05, 4.69) is 66.7 Å². The monoisotopic (exact) mass is 199 g/mol. The van der Waals surface area contributed by atoms with Crippen LogP contribution in [-0.2, 0) is 6.42 Å². The molecule has 0 bridgehead atoms. The third kappa shape index (κ3) is 2.72. The Morgan fingerprint density at radius 3 is 2.67 bits per heavy atom. The van der Waals surface area contributed by atoms with Gasteiger partial charge in [0.2, 0.25) is 0 Å². The minimum Gasteiger partial charge on any atom is -0.374 e. The summed E-state index contributed by atoms with van der Waals surface area (Å²) in [4.78, 5) is 2.27. The molecular formula is C14H17N. The normalized spacial score (nSPS) is 19.5. The molecule has 1 aromatic carbocycles. The van der Waals surface area contributed by atoms with Gasteiger partial charge in [-0.05, 0) is 30.7 Å². The highest BCUT2D eigenvalue weighted by atomic mass is 15.1. The maximum atomic E-state index is 2.27. The molecule has 0 saturated carbocycles. The average molecular weight is 199 g/mol. The second-order valence-electron chi connectivity index (χ2n) is 3.98. The molecule has 1 heteroatoms. The van der Waals surface area contributed by atoms with Crippen LogP contribution >= 0.6 is 0 Å². The summed E-state index contributed by atoms with van der Waals surface area (Å²) in [5.74, 6) is 0. The first-order chi connectivity index (χ1) is 7.36. The Balaban J connectivity index is 1.89. The Morgan fingerprint density at radius 1 is 1.13 bits per heavy atom. The van der Waals surface area contributed by atoms with Gasteiger partial charge >= 0.3 is 0 Å². The lowest BCUT2D eigenvalue weighted by molar-refractivity contribution is 0.362. The van der Waals surface area contributed by atoms with Crippen molar-refractivity contribution in [3.8, 4) is 0 Å². The molecule has 0 aromatic heterocycles. The fourth-order valence-electron chi connectivity index (χ4n) is 1.88. The predicted octanol–water partition coefficient (Wildman–Crippen LogP) is 3.00. The molecule has 2 rings (SSSR count). The van der Waals surface area contributed by atoms with Crippen LogP contribution < -0.4 is 0 Å². The van der Waals surface area contributed by atoms with Crippen LogP contribution in [0.5, 0.6) is 0 Å². The van der Waals surface area contributed by atoms with Crippen LogP contribution in [0.4, 0.5) is 0 Å². The fraction of sp³-hybridized carbons (Fsp3) is 0.286. The first-order valence-corrected chi connectivity index (χ1v) is 5.47. The molecule has 0 radical (unpaired) electrons. The van der Waals surface area contributed by atoms with Gasteiger partial charge in [-0.2, -0.15) is 0 Å². The molecule has 0 N–H and O–H groups in total. The summed E-state index contributed by atoms with van der Waals surface area (Å²) in [6, 6.07) is 11.2. The van der Waals surface area contributed by atoms with Crippen molar-refractivity contribution >= 4 is 0 Å². The van der Waals surface area contributed by atoms with E-state index in [1.807, 2.05) is 0 Å². The van der Waals surface area contributed by atoms with Crippen LogP contribution in [0.3, 0.4) is 0 Å². The molecule has 0 aliphatic carbocycles. The summed E-state index contributed by atoms with van der Waals surface area (Å²) in [5.41, 5.74) is 1.42. The van der Waals surface area contributed by atoms with Crippen LogP contribution in [0.2, 0.25) is 0 Å². The van der Waals surface area contributed by atoms with Crippen molar-refractivity contribution < 1.29 is 0 Å². The zero-order valence-corrected chi connectivity index (χ0v) is 9.13. The molecule has 1 aliphatic heterocycles. The molecule has 0 spiro atoms. The highest BCUT2D eigenvalue weighted by Gasteiger charge is 2.09. The number of hydrogen-bond donors (Lipinski definition) is 0. The maximum absolute atomic E-state index is 2.27. The Kier molecular flexibility index (Phi) is 3.23. The Labute approximate surface area is 91.7 Å². The highest BCUT2D eigenvalue weighted by molar-refractivity contribution is 5.17. The van der Waals surface area contributed by atoms with Gasteiger partial charge in [0.25, 0.3) is 0 Å². The molecule has 15 heavy (non-hydrogen) atoms. The molecule has 1 nitrogen and oxygen atoms in total. The fourth-order valence-corrected chi connectivity index (χ4v) is 1.88.